The van der Waals surface area contributed by atoms with Gasteiger partial charge in [-0.25, -0.2) is 0 Å². The van der Waals surface area contributed by atoms with Crippen molar-refractivity contribution in [3.8, 4) is 78.9 Å². The van der Waals surface area contributed by atoms with E-state index < -0.39 is 0 Å². The number of fused-ring (bicyclic) bond motifs is 10. The van der Waals surface area contributed by atoms with E-state index in [4.69, 9.17) is 0 Å². The number of aryl methyl sites for hydroxylation is 12. The molecule has 0 saturated carbocycles. The van der Waals surface area contributed by atoms with Gasteiger partial charge in [-0.3, -0.25) is 0 Å². The van der Waals surface area contributed by atoms with Crippen LogP contribution in [0.4, 0.5) is 0 Å². The third kappa shape index (κ3) is 15.3. The quantitative estimate of drug-likeness (QED) is 0.143. The van der Waals surface area contributed by atoms with Gasteiger partial charge in [0.1, 0.15) is 51.0 Å². The number of para-hydroxylation sites is 7. The van der Waals surface area contributed by atoms with Crippen molar-refractivity contribution in [3.05, 3.63) is 395 Å². The second-order valence-corrected chi connectivity index (χ2v) is 38.3. The molecule has 0 spiro atoms. The summed E-state index contributed by atoms with van der Waals surface area (Å²) in [6.45, 7) is 46.1. The van der Waals surface area contributed by atoms with Crippen LogP contribution in [0.5, 0.6) is 0 Å². The molecule has 20 rings (SSSR count). The minimum Gasteiger partial charge on any atom is -0.128 e. The van der Waals surface area contributed by atoms with Crippen LogP contribution in [0.1, 0.15) is 161 Å². The van der Waals surface area contributed by atoms with Gasteiger partial charge in [-0.2, -0.15) is 0 Å². The fourth-order valence-corrected chi connectivity index (χ4v) is 19.8. The summed E-state index contributed by atoms with van der Waals surface area (Å²) < 4.78 is 27.1. The van der Waals surface area contributed by atoms with Crippen LogP contribution in [0, 0.1) is 55.4 Å². The lowest BCUT2D eigenvalue weighted by Crippen LogP contribution is -2.51. The molecular weight excluding hydrogens is 1540 g/mol. The number of benzene rings is 11. The molecule has 0 unspecified atom stereocenters. The first-order chi connectivity index (χ1) is 59.9. The Morgan fingerprint density at radius 3 is 1.21 bits per heavy atom. The Morgan fingerprint density at radius 1 is 0.270 bits per heavy atom. The number of rotatable bonds is 7. The van der Waals surface area contributed by atoms with Crippen LogP contribution in [-0.4, -0.2) is 28.1 Å². The summed E-state index contributed by atoms with van der Waals surface area (Å²) in [4.78, 5) is 0. The summed E-state index contributed by atoms with van der Waals surface area (Å²) in [6, 6.07) is 99.4. The van der Waals surface area contributed by atoms with Crippen molar-refractivity contribution in [3.63, 3.8) is 0 Å². The maximum atomic E-state index is 2.51. The van der Waals surface area contributed by atoms with E-state index in [9.17, 15) is 0 Å². The summed E-state index contributed by atoms with van der Waals surface area (Å²) >= 11 is 0. The molecule has 0 saturated heterocycles. The fourth-order valence-electron chi connectivity index (χ4n) is 19.8. The molecule has 0 aliphatic carbocycles. The predicted octanol–water partition coefficient (Wildman–Crippen LogP) is 22.8. The molecule has 3 aliphatic rings. The molecule has 0 radical (unpaired) electrons. The van der Waals surface area contributed by atoms with E-state index in [0.29, 0.717) is 0 Å². The van der Waals surface area contributed by atoms with Gasteiger partial charge in [0.15, 0.2) is 54.7 Å². The minimum atomic E-state index is -0.0894. The van der Waals surface area contributed by atoms with Crippen molar-refractivity contribution in [1.29, 1.82) is 0 Å². The molecule has 126 heavy (non-hydrogen) atoms. The molecule has 17 aromatic rings. The van der Waals surface area contributed by atoms with E-state index in [1.165, 1.54) is 168 Å². The van der Waals surface area contributed by atoms with E-state index >= 15 is 0 Å². The van der Waals surface area contributed by atoms with Crippen molar-refractivity contribution in [1.82, 2.24) is 28.1 Å². The Balaban J connectivity index is 0.000000120. The summed E-state index contributed by atoms with van der Waals surface area (Å²) in [7, 11) is 12.7. The van der Waals surface area contributed by atoms with Crippen LogP contribution in [0.15, 0.2) is 316 Å². The highest BCUT2D eigenvalue weighted by molar-refractivity contribution is 5.84. The van der Waals surface area contributed by atoms with Crippen LogP contribution in [0.25, 0.3) is 89.8 Å². The van der Waals surface area contributed by atoms with Gasteiger partial charge in [-0.15, -0.1) is 56.2 Å². The second-order valence-electron chi connectivity index (χ2n) is 38.3. The normalized spacial score (nSPS) is 14.5. The molecule has 3 aliphatic heterocycles. The molecule has 6 aromatic heterocycles. The summed E-state index contributed by atoms with van der Waals surface area (Å²) in [5, 5.41) is 1.26. The number of aromatic nitrogens is 12. The number of hydrogen-bond donors (Lipinski definition) is 0. The molecule has 0 bridgehead atoms. The first-order valence-electron chi connectivity index (χ1n) is 44.6. The van der Waals surface area contributed by atoms with Gasteiger partial charge in [0.05, 0.1) is 34.6 Å². The minimum absolute atomic E-state index is 0.000226. The lowest BCUT2D eigenvalue weighted by atomic mass is 9.59. The monoisotopic (exact) mass is 1670 g/mol. The molecular formula is C114H130N12+6. The van der Waals surface area contributed by atoms with Gasteiger partial charge in [0.2, 0.25) is 23.8 Å². The molecule has 9 heterocycles. The molecule has 12 nitrogen and oxygen atoms in total. The first-order valence-corrected chi connectivity index (χ1v) is 44.6. The zero-order chi connectivity index (χ0) is 90.0. The van der Waals surface area contributed by atoms with Crippen molar-refractivity contribution >= 4 is 10.9 Å². The highest BCUT2D eigenvalue weighted by atomic mass is 15.4. The Morgan fingerprint density at radius 2 is 0.698 bits per heavy atom. The molecule has 0 atom stereocenters. The van der Waals surface area contributed by atoms with Gasteiger partial charge < -0.3 is 0 Å². The van der Waals surface area contributed by atoms with Gasteiger partial charge in [-0.1, -0.05) is 300 Å². The van der Waals surface area contributed by atoms with E-state index in [1.807, 2.05) is 25.4 Å². The smallest absolute Gasteiger partial charge is 0.128 e. The van der Waals surface area contributed by atoms with E-state index in [1.54, 1.807) is 0 Å². The first kappa shape index (κ1) is 87.8. The SMILES string of the molecule is Cc1cc(C)cc(-c2c(-c3ccccc3)c3n([n+]2C)-c2c(C)cccc2C(C)(C)C3(C)C)c1.Cc1cccc2c1-n1c(c(-c3ccccc3)c[n+]1C)C(C)(C)C2(C)C.Cc1cccc2c1-n1c(cc[n+]1C)C(C)(C)C2(C)C.Cc1ccccc1-n1c2ccccc2c[n+]1C.Cc1ccccc1-n1ccc(-c2ccccc2)[n+]1C.Cc1ccccc1-n1ccc[n+]1C. The average molecular weight is 1670 g/mol. The van der Waals surface area contributed by atoms with Gasteiger partial charge in [0.25, 0.3) is 0 Å². The molecule has 0 amide bonds. The average Bonchev–Trinajstić information content (AvgIpc) is 1.50. The number of hydrogen-bond acceptors (Lipinski definition) is 0. The van der Waals surface area contributed by atoms with Gasteiger partial charge in [0, 0.05) is 61.8 Å². The highest BCUT2D eigenvalue weighted by Gasteiger charge is 2.55. The maximum Gasteiger partial charge on any atom is 0.246 e. The second kappa shape index (κ2) is 34.1. The molecule has 0 N–H and O–H groups in total. The Labute approximate surface area is 749 Å². The highest BCUT2D eigenvalue weighted by Crippen LogP contribution is 2.56. The maximum absolute atomic E-state index is 2.51. The third-order valence-corrected chi connectivity index (χ3v) is 28.8. The van der Waals surface area contributed by atoms with Crippen molar-refractivity contribution in [2.45, 2.75) is 171 Å². The molecule has 0 fully saturated rings. The summed E-state index contributed by atoms with van der Waals surface area (Å²) in [6.07, 6.45) is 12.8. The third-order valence-electron chi connectivity index (χ3n) is 28.8. The Kier molecular flexibility index (Phi) is 23.8. The summed E-state index contributed by atoms with van der Waals surface area (Å²) in [5.74, 6) is 0. The van der Waals surface area contributed by atoms with Gasteiger partial charge >= 0.3 is 0 Å². The Bertz CT molecular complexity index is 6850. The van der Waals surface area contributed by atoms with Crippen LogP contribution < -0.4 is 28.1 Å². The van der Waals surface area contributed by atoms with Crippen LogP contribution in [-0.2, 0) is 74.8 Å². The van der Waals surface area contributed by atoms with Crippen LogP contribution >= 0.6 is 0 Å². The van der Waals surface area contributed by atoms with Crippen molar-refractivity contribution in [2.24, 2.45) is 42.3 Å². The largest absolute Gasteiger partial charge is 0.246 e. The van der Waals surface area contributed by atoms with Crippen molar-refractivity contribution < 1.29 is 28.1 Å². The number of nitrogens with zero attached hydrogens (tertiary/aromatic N) is 12. The van der Waals surface area contributed by atoms with E-state index in [-0.39, 0.29) is 32.5 Å². The van der Waals surface area contributed by atoms with Crippen LogP contribution in [0.2, 0.25) is 0 Å². The molecule has 12 heteroatoms. The van der Waals surface area contributed by atoms with E-state index in [0.717, 1.165) is 0 Å². The fraction of sp³-hybridized carbons (Fsp3) is 0.281. The van der Waals surface area contributed by atoms with E-state index in [2.05, 4.69) is 528 Å². The standard InChI is InChI=1S/C31H35N2.C23H27N2.C17H23N2.C17H17N2.C15H15N2.C11H13N2/c1-20-17-21(2)19-24(18-20)28-26(23-14-10-9-11-15-23)29-31(6,7)30(4,5)25-16-12-13-22(3)27(25)33(29)32(28)8;1-16-11-10-14-19-20(16)25-21(23(4,5)22(19,2)3)18(15-24(25)6)17-12-8-7-9-13-17;1-12-8-7-9-13-15(12)19-14(10-11-18(19)6)17(4,5)16(13,2)3;1-14-8-6-7-11-16(14)19-13-12-17(18(19)2)15-9-4-3-5-10-15;1-12-7-3-5-9-14(12)17-15-10-6-4-8-13(15)11-16(17)2;1-10-6-3-4-7-11(10)13-9-5-8-12(13)2/h9-19H,1-8H3;7-15H,1-6H3;7-11H,1-6H3;3-13H,1-2H3;3-11H,1-2H3;3-9H,1-2H3/q6*+1. The summed E-state index contributed by atoms with van der Waals surface area (Å²) in [5.41, 5.74) is 38.2. The van der Waals surface area contributed by atoms with Gasteiger partial charge in [-0.05, 0) is 171 Å². The molecule has 11 aromatic carbocycles. The van der Waals surface area contributed by atoms with Crippen molar-refractivity contribution in [2.75, 3.05) is 0 Å². The lowest BCUT2D eigenvalue weighted by Gasteiger charge is -2.46. The zero-order valence-electron chi connectivity index (χ0n) is 79.4. The predicted molar refractivity (Wildman–Crippen MR) is 517 cm³/mol. The lowest BCUT2D eigenvalue weighted by molar-refractivity contribution is -0.745. The molecule has 640 valence electrons. The zero-order valence-corrected chi connectivity index (χ0v) is 79.4. The Hall–Kier alpha value is -13.1. The van der Waals surface area contributed by atoms with Crippen LogP contribution in [0.3, 0.4) is 0 Å². The topological polar surface area (TPSA) is 52.9 Å².